The van der Waals surface area contributed by atoms with Crippen LogP contribution in [0, 0.1) is 6.92 Å². The lowest BCUT2D eigenvalue weighted by Crippen LogP contribution is -2.26. The molecule has 2 N–H and O–H groups in total. The summed E-state index contributed by atoms with van der Waals surface area (Å²) in [5.74, 6) is 0.933. The zero-order chi connectivity index (χ0) is 16.9. The van der Waals surface area contributed by atoms with Gasteiger partial charge in [-0.25, -0.2) is 0 Å². The maximum atomic E-state index is 6.21. The molecule has 24 heavy (non-hydrogen) atoms. The molecule has 0 aliphatic carbocycles. The highest BCUT2D eigenvalue weighted by molar-refractivity contribution is 5.58. The third-order valence-electron chi connectivity index (χ3n) is 3.97. The van der Waals surface area contributed by atoms with Crippen LogP contribution in [0.15, 0.2) is 59.1 Å². The molecule has 0 fully saturated rings. The maximum Gasteiger partial charge on any atom is 0.246 e. The molecule has 1 heterocycles. The Hall–Kier alpha value is -2.50. The summed E-state index contributed by atoms with van der Waals surface area (Å²) in [4.78, 5) is 4.43. The molecule has 0 aliphatic rings. The normalized spacial score (nSPS) is 13.6. The van der Waals surface area contributed by atoms with Crippen LogP contribution in [-0.2, 0) is 11.3 Å². The van der Waals surface area contributed by atoms with Gasteiger partial charge in [0.15, 0.2) is 0 Å². The Morgan fingerprint density at radius 2 is 1.79 bits per heavy atom. The van der Waals surface area contributed by atoms with Gasteiger partial charge in [0.1, 0.15) is 6.04 Å². The van der Waals surface area contributed by atoms with Gasteiger partial charge < -0.3 is 15.0 Å². The van der Waals surface area contributed by atoms with E-state index in [1.807, 2.05) is 68.4 Å². The van der Waals surface area contributed by atoms with Crippen molar-refractivity contribution in [2.45, 2.75) is 32.6 Å². The topological polar surface area (TPSA) is 74.2 Å². The van der Waals surface area contributed by atoms with Gasteiger partial charge in [-0.15, -0.1) is 0 Å². The van der Waals surface area contributed by atoms with E-state index in [4.69, 9.17) is 15.0 Å². The van der Waals surface area contributed by atoms with Crippen molar-refractivity contribution in [1.82, 2.24) is 10.1 Å². The van der Waals surface area contributed by atoms with E-state index >= 15 is 0 Å². The molecule has 5 heteroatoms. The molecule has 2 atom stereocenters. The zero-order valence-corrected chi connectivity index (χ0v) is 13.8. The SMILES string of the molecule is Cc1ccccc1-c1noc([C@H](N)[C@H](C)OCc2ccccc2)n1. The largest absolute Gasteiger partial charge is 0.372 e. The van der Waals surface area contributed by atoms with Crippen molar-refractivity contribution < 1.29 is 9.26 Å². The number of hydrogen-bond acceptors (Lipinski definition) is 5. The number of benzene rings is 2. The van der Waals surface area contributed by atoms with Crippen molar-refractivity contribution >= 4 is 0 Å². The standard InChI is InChI=1S/C19H21N3O2/c1-13-8-6-7-11-16(13)18-21-19(24-22-18)17(20)14(2)23-12-15-9-4-3-5-10-15/h3-11,14,17H,12,20H2,1-2H3/t14-,17+/m0/s1. The number of nitrogens with zero attached hydrogens (tertiary/aromatic N) is 2. The zero-order valence-electron chi connectivity index (χ0n) is 13.8. The number of nitrogens with two attached hydrogens (primary N) is 1. The van der Waals surface area contributed by atoms with Crippen molar-refractivity contribution in [1.29, 1.82) is 0 Å². The quantitative estimate of drug-likeness (QED) is 0.749. The Bertz CT molecular complexity index is 786. The van der Waals surface area contributed by atoms with Gasteiger partial charge >= 0.3 is 0 Å². The first-order valence-corrected chi connectivity index (χ1v) is 7.96. The van der Waals surface area contributed by atoms with Crippen LogP contribution in [0.5, 0.6) is 0 Å². The molecule has 0 saturated carbocycles. The molecule has 0 bridgehead atoms. The lowest BCUT2D eigenvalue weighted by Gasteiger charge is -2.17. The van der Waals surface area contributed by atoms with E-state index in [0.29, 0.717) is 18.3 Å². The lowest BCUT2D eigenvalue weighted by molar-refractivity contribution is 0.0286. The molecule has 0 unspecified atom stereocenters. The summed E-state index contributed by atoms with van der Waals surface area (Å²) in [5.41, 5.74) is 9.34. The van der Waals surface area contributed by atoms with Crippen molar-refractivity contribution in [3.63, 3.8) is 0 Å². The average Bonchev–Trinajstić information content (AvgIpc) is 3.10. The van der Waals surface area contributed by atoms with E-state index in [0.717, 1.165) is 16.7 Å². The molecule has 0 amide bonds. The highest BCUT2D eigenvalue weighted by Gasteiger charge is 2.22. The van der Waals surface area contributed by atoms with Gasteiger partial charge in [-0.1, -0.05) is 59.8 Å². The van der Waals surface area contributed by atoms with Gasteiger partial charge in [-0.05, 0) is 25.0 Å². The van der Waals surface area contributed by atoms with E-state index in [1.54, 1.807) is 0 Å². The van der Waals surface area contributed by atoms with Crippen molar-refractivity contribution in [2.24, 2.45) is 5.73 Å². The number of rotatable bonds is 6. The molecular weight excluding hydrogens is 302 g/mol. The van der Waals surface area contributed by atoms with Crippen molar-refractivity contribution in [2.75, 3.05) is 0 Å². The van der Waals surface area contributed by atoms with Crippen LogP contribution in [0.2, 0.25) is 0 Å². The fraction of sp³-hybridized carbons (Fsp3) is 0.263. The number of hydrogen-bond donors (Lipinski definition) is 1. The molecular formula is C19H21N3O2. The highest BCUT2D eigenvalue weighted by atomic mass is 16.5. The number of aryl methyl sites for hydroxylation is 1. The summed E-state index contributed by atoms with van der Waals surface area (Å²) >= 11 is 0. The Kier molecular flexibility index (Phi) is 5.03. The van der Waals surface area contributed by atoms with E-state index in [-0.39, 0.29) is 6.10 Å². The Labute approximate surface area is 141 Å². The van der Waals surface area contributed by atoms with Crippen LogP contribution in [0.4, 0.5) is 0 Å². The van der Waals surface area contributed by atoms with Gasteiger partial charge in [0.25, 0.3) is 0 Å². The molecule has 5 nitrogen and oxygen atoms in total. The number of ether oxygens (including phenoxy) is 1. The van der Waals surface area contributed by atoms with Crippen LogP contribution < -0.4 is 5.73 Å². The second-order valence-corrected chi connectivity index (χ2v) is 5.80. The molecule has 0 spiro atoms. The predicted molar refractivity (Wildman–Crippen MR) is 92.1 cm³/mol. The van der Waals surface area contributed by atoms with Crippen LogP contribution in [-0.4, -0.2) is 16.2 Å². The van der Waals surface area contributed by atoms with Crippen LogP contribution in [0.25, 0.3) is 11.4 Å². The fourth-order valence-corrected chi connectivity index (χ4v) is 2.41. The van der Waals surface area contributed by atoms with Gasteiger partial charge in [0, 0.05) is 5.56 Å². The lowest BCUT2D eigenvalue weighted by atomic mass is 10.1. The summed E-state index contributed by atoms with van der Waals surface area (Å²) < 4.78 is 11.2. The minimum atomic E-state index is -0.473. The minimum absolute atomic E-state index is 0.240. The summed E-state index contributed by atoms with van der Waals surface area (Å²) in [5, 5.41) is 4.05. The van der Waals surface area contributed by atoms with Gasteiger partial charge in [0.05, 0.1) is 12.7 Å². The summed E-state index contributed by atoms with van der Waals surface area (Å²) in [6.07, 6.45) is -0.240. The van der Waals surface area contributed by atoms with E-state index in [9.17, 15) is 0 Å². The highest BCUT2D eigenvalue weighted by Crippen LogP contribution is 2.23. The Balaban J connectivity index is 1.67. The van der Waals surface area contributed by atoms with Crippen LogP contribution in [0.3, 0.4) is 0 Å². The Morgan fingerprint density at radius 1 is 1.08 bits per heavy atom. The second-order valence-electron chi connectivity index (χ2n) is 5.80. The second kappa shape index (κ2) is 7.38. The molecule has 3 rings (SSSR count). The minimum Gasteiger partial charge on any atom is -0.372 e. The van der Waals surface area contributed by atoms with E-state index in [2.05, 4.69) is 10.1 Å². The first-order chi connectivity index (χ1) is 11.6. The molecule has 0 aliphatic heterocycles. The molecule has 124 valence electrons. The molecule has 1 aromatic heterocycles. The van der Waals surface area contributed by atoms with E-state index in [1.165, 1.54) is 0 Å². The van der Waals surface area contributed by atoms with Gasteiger partial charge in [0.2, 0.25) is 11.7 Å². The van der Waals surface area contributed by atoms with E-state index < -0.39 is 6.04 Å². The maximum absolute atomic E-state index is 6.21. The predicted octanol–water partition coefficient (Wildman–Crippen LogP) is 3.65. The third-order valence-corrected chi connectivity index (χ3v) is 3.97. The van der Waals surface area contributed by atoms with Crippen LogP contribution in [0.1, 0.15) is 30.0 Å². The van der Waals surface area contributed by atoms with Gasteiger partial charge in [-0.2, -0.15) is 4.98 Å². The van der Waals surface area contributed by atoms with Crippen LogP contribution >= 0.6 is 0 Å². The fourth-order valence-electron chi connectivity index (χ4n) is 2.41. The Morgan fingerprint density at radius 3 is 2.54 bits per heavy atom. The van der Waals surface area contributed by atoms with Crippen molar-refractivity contribution in [3.05, 3.63) is 71.6 Å². The monoisotopic (exact) mass is 323 g/mol. The van der Waals surface area contributed by atoms with Crippen molar-refractivity contribution in [3.8, 4) is 11.4 Å². The third kappa shape index (κ3) is 3.69. The smallest absolute Gasteiger partial charge is 0.246 e. The first kappa shape index (κ1) is 16.4. The summed E-state index contributed by atoms with van der Waals surface area (Å²) in [6.45, 7) is 4.41. The van der Waals surface area contributed by atoms with Gasteiger partial charge in [-0.3, -0.25) is 0 Å². The number of aromatic nitrogens is 2. The molecule has 2 aromatic carbocycles. The molecule has 3 aromatic rings. The molecule has 0 radical (unpaired) electrons. The molecule has 0 saturated heterocycles. The average molecular weight is 323 g/mol. The summed E-state index contributed by atoms with van der Waals surface area (Å²) in [6, 6.07) is 17.4. The summed E-state index contributed by atoms with van der Waals surface area (Å²) in [7, 11) is 0. The first-order valence-electron chi connectivity index (χ1n) is 7.96.